The third-order valence-corrected chi connectivity index (χ3v) is 7.53. The van der Waals surface area contributed by atoms with E-state index >= 15 is 0 Å². The molecule has 10 nitrogen and oxygen atoms in total. The van der Waals surface area contributed by atoms with E-state index < -0.39 is 11.7 Å². The molecule has 0 unspecified atom stereocenters. The van der Waals surface area contributed by atoms with Crippen molar-refractivity contribution in [3.05, 3.63) is 89.9 Å². The fraction of sp³-hybridized carbons (Fsp3) is 0.412. The van der Waals surface area contributed by atoms with Crippen molar-refractivity contribution in [3.63, 3.8) is 0 Å². The lowest BCUT2D eigenvalue weighted by atomic mass is 10.0. The smallest absolute Gasteiger partial charge is 0.370 e. The van der Waals surface area contributed by atoms with Gasteiger partial charge in [0.25, 0.3) is 5.91 Å². The zero-order chi connectivity index (χ0) is 34.2. The topological polar surface area (TPSA) is 144 Å². The number of rotatable bonds is 20. The predicted octanol–water partition coefficient (Wildman–Crippen LogP) is 6.34. The monoisotopic (exact) mass is 654 g/mol. The lowest BCUT2D eigenvalue weighted by Crippen LogP contribution is -2.24. The van der Waals surface area contributed by atoms with Gasteiger partial charge >= 0.3 is 6.18 Å². The van der Waals surface area contributed by atoms with Crippen molar-refractivity contribution < 1.29 is 22.8 Å². The van der Waals surface area contributed by atoms with E-state index in [4.69, 9.17) is 11.6 Å². The van der Waals surface area contributed by atoms with Gasteiger partial charge < -0.3 is 21.4 Å². The number of amides is 2. The molecule has 2 aromatic carbocycles. The van der Waals surface area contributed by atoms with E-state index in [2.05, 4.69) is 27.5 Å². The van der Waals surface area contributed by atoms with Gasteiger partial charge in [0.15, 0.2) is 0 Å². The van der Waals surface area contributed by atoms with Crippen LogP contribution in [-0.4, -0.2) is 45.4 Å². The molecule has 0 bridgehead atoms. The van der Waals surface area contributed by atoms with E-state index in [0.29, 0.717) is 41.0 Å². The number of aromatic nitrogens is 3. The molecule has 2 amide bonds. The minimum atomic E-state index is -4.43. The van der Waals surface area contributed by atoms with Crippen molar-refractivity contribution in [2.45, 2.75) is 76.9 Å². The summed E-state index contributed by atoms with van der Waals surface area (Å²) < 4.78 is 41.0. The van der Waals surface area contributed by atoms with Crippen molar-refractivity contribution in [1.29, 1.82) is 0 Å². The molecule has 3 rings (SSSR count). The second-order valence-corrected chi connectivity index (χ2v) is 11.4. The lowest BCUT2D eigenvalue weighted by molar-refractivity contribution is -0.137. The molecule has 0 saturated carbocycles. The van der Waals surface area contributed by atoms with Gasteiger partial charge in [-0.1, -0.05) is 43.6 Å². The number of benzene rings is 2. The highest BCUT2D eigenvalue weighted by molar-refractivity contribution is 5.97. The number of allylic oxidation sites excluding steroid dienone is 2. The average Bonchev–Trinajstić information content (AvgIpc) is 3.47. The Morgan fingerprint density at radius 2 is 1.70 bits per heavy atom. The summed E-state index contributed by atoms with van der Waals surface area (Å²) in [5.74, 6) is 5.35. The first-order valence-corrected chi connectivity index (χ1v) is 15.8. The highest BCUT2D eigenvalue weighted by Gasteiger charge is 2.30. The summed E-state index contributed by atoms with van der Waals surface area (Å²) in [6.07, 6.45) is 9.47. The summed E-state index contributed by atoms with van der Waals surface area (Å²) >= 11 is 0. The van der Waals surface area contributed by atoms with Crippen molar-refractivity contribution >= 4 is 28.8 Å². The molecule has 0 fully saturated rings. The molecular weight excluding hydrogens is 609 g/mol. The van der Waals surface area contributed by atoms with Gasteiger partial charge in [0.1, 0.15) is 0 Å². The van der Waals surface area contributed by atoms with Crippen LogP contribution in [0.1, 0.15) is 85.0 Å². The maximum absolute atomic E-state index is 13.0. The zero-order valence-corrected chi connectivity index (χ0v) is 26.9. The zero-order valence-electron chi connectivity index (χ0n) is 26.9. The van der Waals surface area contributed by atoms with Crippen LogP contribution in [0.3, 0.4) is 0 Å². The van der Waals surface area contributed by atoms with Crippen molar-refractivity contribution in [3.8, 4) is 0 Å². The normalized spacial score (nSPS) is 11.7. The van der Waals surface area contributed by atoms with Gasteiger partial charge in [0.2, 0.25) is 5.91 Å². The van der Waals surface area contributed by atoms with Crippen LogP contribution in [0, 0.1) is 0 Å². The Labute approximate surface area is 274 Å². The molecule has 0 radical (unpaired) electrons. The van der Waals surface area contributed by atoms with E-state index in [9.17, 15) is 22.8 Å². The number of carbonyl (C=O) groups excluding carboxylic acids is 2. The fourth-order valence-corrected chi connectivity index (χ4v) is 5.05. The molecule has 254 valence electrons. The molecule has 0 aliphatic carbocycles. The highest BCUT2D eigenvalue weighted by Crippen LogP contribution is 2.32. The van der Waals surface area contributed by atoms with Crippen molar-refractivity contribution in [2.24, 2.45) is 11.6 Å². The maximum Gasteiger partial charge on any atom is 0.416 e. The Bertz CT molecular complexity index is 1480. The molecule has 0 atom stereocenters. The second kappa shape index (κ2) is 18.5. The summed E-state index contributed by atoms with van der Waals surface area (Å²) in [4.78, 5) is 23.9. The first-order valence-electron chi connectivity index (χ1n) is 15.8. The molecule has 13 heteroatoms. The Morgan fingerprint density at radius 1 is 1.00 bits per heavy atom. The number of hydrogen-bond acceptors (Lipinski definition) is 7. The summed E-state index contributed by atoms with van der Waals surface area (Å²) in [6.45, 7) is 5.19. The first kappa shape index (κ1) is 36.8. The first-order chi connectivity index (χ1) is 22.5. The second-order valence-electron chi connectivity index (χ2n) is 11.4. The van der Waals surface area contributed by atoms with Gasteiger partial charge in [-0.05, 0) is 74.6 Å². The SMILES string of the molecule is C=C/C(=C\N(C)N)c1cc(C(=O)NCCCCCCCn2nncc2CCCCCC(N)=O)ccc1Nc1ccc(C(F)(F)F)cc1. The molecule has 1 aromatic heterocycles. The minimum Gasteiger partial charge on any atom is -0.370 e. The summed E-state index contributed by atoms with van der Waals surface area (Å²) in [5, 5.41) is 15.7. The number of nitrogens with zero attached hydrogens (tertiary/aromatic N) is 4. The lowest BCUT2D eigenvalue weighted by Gasteiger charge is -2.17. The number of hydrazine groups is 1. The number of nitrogens with one attached hydrogen (secondary N) is 2. The fourth-order valence-electron chi connectivity index (χ4n) is 5.05. The molecule has 0 saturated heterocycles. The summed E-state index contributed by atoms with van der Waals surface area (Å²) in [6, 6.07) is 9.80. The highest BCUT2D eigenvalue weighted by atomic mass is 19.4. The third kappa shape index (κ3) is 12.6. The number of aryl methyl sites for hydroxylation is 2. The van der Waals surface area contributed by atoms with E-state index in [1.54, 1.807) is 43.7 Å². The van der Waals surface area contributed by atoms with Crippen LogP contribution < -0.4 is 22.2 Å². The largest absolute Gasteiger partial charge is 0.416 e. The van der Waals surface area contributed by atoms with E-state index in [1.165, 1.54) is 17.1 Å². The van der Waals surface area contributed by atoms with Gasteiger partial charge in [-0.2, -0.15) is 13.2 Å². The molecule has 47 heavy (non-hydrogen) atoms. The number of halogens is 3. The average molecular weight is 655 g/mol. The number of primary amides is 1. The molecule has 0 spiro atoms. The number of nitrogens with two attached hydrogens (primary N) is 2. The van der Waals surface area contributed by atoms with Gasteiger partial charge in [0, 0.05) is 60.8 Å². The van der Waals surface area contributed by atoms with Crippen LogP contribution in [0.15, 0.2) is 67.5 Å². The van der Waals surface area contributed by atoms with Crippen LogP contribution in [0.2, 0.25) is 0 Å². The number of alkyl halides is 3. The van der Waals surface area contributed by atoms with Crippen LogP contribution in [0.25, 0.3) is 5.57 Å². The molecule has 6 N–H and O–H groups in total. The number of anilines is 2. The minimum absolute atomic E-state index is 0.231. The van der Waals surface area contributed by atoms with Crippen LogP contribution in [0.5, 0.6) is 0 Å². The van der Waals surface area contributed by atoms with Crippen LogP contribution in [-0.2, 0) is 23.9 Å². The molecular formula is C34H45F3N8O2. The summed E-state index contributed by atoms with van der Waals surface area (Å²) in [7, 11) is 1.65. The van der Waals surface area contributed by atoms with Gasteiger partial charge in [-0.3, -0.25) is 9.59 Å². The number of carbonyl (C=O) groups is 2. The third-order valence-electron chi connectivity index (χ3n) is 7.53. The van der Waals surface area contributed by atoms with Crippen molar-refractivity contribution in [1.82, 2.24) is 25.3 Å². The van der Waals surface area contributed by atoms with Gasteiger partial charge in [-0.15, -0.1) is 5.10 Å². The van der Waals surface area contributed by atoms with Crippen LogP contribution >= 0.6 is 0 Å². The quantitative estimate of drug-likeness (QED) is 0.0482. The van der Waals surface area contributed by atoms with E-state index in [0.717, 1.165) is 82.2 Å². The van der Waals surface area contributed by atoms with Gasteiger partial charge in [0.05, 0.1) is 17.5 Å². The predicted molar refractivity (Wildman–Crippen MR) is 178 cm³/mol. The number of hydrogen-bond donors (Lipinski definition) is 4. The Morgan fingerprint density at radius 3 is 2.38 bits per heavy atom. The Hall–Kier alpha value is -4.65. The Balaban J connectivity index is 1.47. The summed E-state index contributed by atoms with van der Waals surface area (Å²) in [5.41, 5.74) is 8.25. The molecule has 1 heterocycles. The van der Waals surface area contributed by atoms with E-state index in [1.807, 2.05) is 4.68 Å². The van der Waals surface area contributed by atoms with Gasteiger partial charge in [-0.25, -0.2) is 10.5 Å². The standard InChI is InChI=1S/C34H45F3N8O2/c1-3-25(24-44(2)39)30-22-26(14-19-31(30)42-28-17-15-27(16-18-28)34(35,36)37)33(47)40-20-10-5-4-6-11-21-45-29(23-41-43-45)12-8-7-9-13-32(38)46/h3,14-19,22-24,42H,1,4-13,20-21,39H2,2H3,(H2,38,46)(H,40,47)/b25-24+. The molecule has 0 aliphatic rings. The molecule has 3 aromatic rings. The van der Waals surface area contributed by atoms with Crippen molar-refractivity contribution in [2.75, 3.05) is 18.9 Å². The van der Waals surface area contributed by atoms with E-state index in [-0.39, 0.29) is 11.8 Å². The van der Waals surface area contributed by atoms with Crippen LogP contribution in [0.4, 0.5) is 24.5 Å². The Kier molecular flexibility index (Phi) is 14.5. The molecule has 0 aliphatic heterocycles. The number of unbranched alkanes of at least 4 members (excludes halogenated alkanes) is 6. The maximum atomic E-state index is 13.0.